The second-order valence-electron chi connectivity index (χ2n) is 35.1. The number of halogens is 15. The number of anilines is 3. The third-order valence-corrected chi connectivity index (χ3v) is 27.0. The van der Waals surface area contributed by atoms with Gasteiger partial charge in [0.25, 0.3) is 16.7 Å². The lowest BCUT2D eigenvalue weighted by Crippen LogP contribution is -2.58. The second kappa shape index (κ2) is 41.0. The number of rotatable bonds is 15. The number of aromatic nitrogens is 9. The lowest BCUT2D eigenvalue weighted by atomic mass is 10.0. The van der Waals surface area contributed by atoms with Crippen molar-refractivity contribution in [1.82, 2.24) is 58.3 Å². The van der Waals surface area contributed by atoms with Crippen LogP contribution in [-0.2, 0) is 14.4 Å². The van der Waals surface area contributed by atoms with Gasteiger partial charge in [0.1, 0.15) is 66.9 Å². The number of nitriles is 3. The first-order valence-electron chi connectivity index (χ1n) is 43.7. The Morgan fingerprint density at radius 1 is 0.383 bits per heavy atom. The number of aromatic hydroxyl groups is 3. The van der Waals surface area contributed by atoms with Crippen molar-refractivity contribution < 1.29 is 64.8 Å². The number of nitrogens with zero attached hydrogens (tertiary/aromatic N) is 18. The molecule has 9 aromatic heterocycles. The number of aryl methyl sites for hydroxylation is 3. The Morgan fingerprint density at radius 2 is 0.617 bits per heavy atom. The van der Waals surface area contributed by atoms with Crippen LogP contribution in [0.5, 0.6) is 17.2 Å². The molecule has 3 fully saturated rings. The molecule has 0 spiro atoms. The number of carbonyl (C=O) groups excluding carboxylic acids is 3. The quantitative estimate of drug-likeness (QED) is 0.0371. The Bertz CT molecular complexity index is 6870. The van der Waals surface area contributed by atoms with Crippen LogP contribution in [-0.4, -0.2) is 167 Å². The molecule has 141 heavy (non-hydrogen) atoms. The fraction of sp³-hybridized carbons (Fsp3) is 0.303. The van der Waals surface area contributed by atoms with Crippen molar-refractivity contribution in [3.05, 3.63) is 256 Å². The van der Waals surface area contributed by atoms with E-state index in [2.05, 4.69) is 55.7 Å². The van der Waals surface area contributed by atoms with Crippen LogP contribution in [0.4, 0.5) is 52.2 Å². The molecule has 3 aromatic carbocycles. The van der Waals surface area contributed by atoms with E-state index in [1.807, 2.05) is 100 Å². The molecule has 732 valence electrons. The molecule has 42 heteroatoms. The van der Waals surface area contributed by atoms with Crippen molar-refractivity contribution in [1.29, 1.82) is 15.8 Å². The maximum atomic E-state index is 15.4. The Morgan fingerprint density at radius 3 is 0.851 bits per heavy atom. The first-order valence-corrected chi connectivity index (χ1v) is 46.3. The summed E-state index contributed by atoms with van der Waals surface area (Å²) in [6.07, 6.45) is 8.39. The summed E-state index contributed by atoms with van der Waals surface area (Å²) in [7, 11) is 0. The summed E-state index contributed by atoms with van der Waals surface area (Å²) in [6.45, 7) is 39.4. The van der Waals surface area contributed by atoms with E-state index in [4.69, 9.17) is 81.2 Å². The Labute approximate surface area is 836 Å². The Balaban J connectivity index is 0.000000178. The van der Waals surface area contributed by atoms with Crippen molar-refractivity contribution in [2.75, 3.05) is 54.0 Å². The zero-order valence-corrected chi connectivity index (χ0v) is 83.3. The van der Waals surface area contributed by atoms with Crippen LogP contribution in [0.2, 0.25) is 35.2 Å². The van der Waals surface area contributed by atoms with E-state index < -0.39 is 129 Å². The number of benzene rings is 3. The molecule has 0 aliphatic carbocycles. The van der Waals surface area contributed by atoms with E-state index in [0.717, 1.165) is 9.13 Å². The summed E-state index contributed by atoms with van der Waals surface area (Å²) in [5.74, 6) is -18.2. The molecule has 12 heterocycles. The van der Waals surface area contributed by atoms with Gasteiger partial charge in [-0.1, -0.05) is 142 Å². The van der Waals surface area contributed by atoms with Gasteiger partial charge in [-0.05, 0) is 151 Å². The van der Waals surface area contributed by atoms with Crippen LogP contribution in [0.25, 0.3) is 83.9 Å². The standard InChI is InChI=1S/C33H29Cl3F2N6O3.2C33H29Cl2F3N6O3/c1-7-21(45)43-16(5)12-42(13-17(43)6)30-18-10-20(34)28(22-23(35)25(37)24(36)26(38)31(22)46)41-32(18)44(33(47)19(30)11-39)29-15(4)8-9-40-27(29)14(2)3;2*1-7-21(45)43-16(5)12-42(13-17(43)6)30-18-10-20(34)28(22-24(36)25(37)23(35)26(38)31(22)46)41-32(18)44(33(47)19(30)11-39)29-15(4)8-9-40-27(29)14(2)3/h3*7-10,14,16-17,46H,1,12-13H2,2-6H3/t3*16-,17+. The molecule has 0 saturated carbocycles. The van der Waals surface area contributed by atoms with Gasteiger partial charge in [0.2, 0.25) is 17.7 Å². The topological polar surface area (TPSA) is 346 Å². The van der Waals surface area contributed by atoms with E-state index in [1.165, 1.54) is 41.0 Å². The van der Waals surface area contributed by atoms with Gasteiger partial charge >= 0.3 is 0 Å². The van der Waals surface area contributed by atoms with Crippen molar-refractivity contribution in [3.63, 3.8) is 0 Å². The fourth-order valence-electron chi connectivity index (χ4n) is 18.7. The van der Waals surface area contributed by atoms with Crippen LogP contribution in [0, 0.1) is 101 Å². The molecule has 0 bridgehead atoms. The minimum Gasteiger partial charge on any atom is -0.504 e. The maximum absolute atomic E-state index is 15.4. The van der Waals surface area contributed by atoms with Gasteiger partial charge < -0.3 is 44.7 Å². The predicted molar refractivity (Wildman–Crippen MR) is 527 cm³/mol. The number of phenols is 3. The molecule has 0 unspecified atom stereocenters. The van der Waals surface area contributed by atoms with Gasteiger partial charge in [0.15, 0.2) is 63.8 Å². The fourth-order valence-corrected chi connectivity index (χ4v) is 20.3. The predicted octanol–water partition coefficient (Wildman–Crippen LogP) is 20.9. The summed E-state index contributed by atoms with van der Waals surface area (Å²) < 4.78 is 123. The van der Waals surface area contributed by atoms with Crippen molar-refractivity contribution >= 4 is 149 Å². The van der Waals surface area contributed by atoms with Crippen molar-refractivity contribution in [3.8, 4) is 86.3 Å². The molecular weight excluding hydrogens is 1990 g/mol. The van der Waals surface area contributed by atoms with Crippen molar-refractivity contribution in [2.24, 2.45) is 0 Å². The number of fused-ring (bicyclic) bond motifs is 3. The molecule has 12 aromatic rings. The van der Waals surface area contributed by atoms with E-state index in [1.54, 1.807) is 82.1 Å². The zero-order chi connectivity index (χ0) is 104. The summed E-state index contributed by atoms with van der Waals surface area (Å²) in [4.78, 5) is 119. The Kier molecular flexibility index (Phi) is 30.5. The van der Waals surface area contributed by atoms with Gasteiger partial charge in [0.05, 0.1) is 105 Å². The molecular formula is C99H87Cl7F8N18O9. The molecule has 6 atom stereocenters. The average Bonchev–Trinajstić information content (AvgIpc) is 0.725. The SMILES string of the molecule is C=CC(=O)N1[C@H](C)CN(c2c(C#N)c(=O)n(-c3c(C)ccnc3C(C)C)c3nc(-c4c(O)c(F)c(Cl)c(F)c4Cl)c(Cl)cc23)C[C@@H]1C.C=CC(=O)N1[C@H](C)CN(c2c(C#N)c(=O)n(-c3c(C)ccnc3C(C)C)c3nc(-c4c(O)c(F)c(Cl)c(F)c4F)c(Cl)cc23)C[C@@H]1C.C=CC(=O)N1[C@H](C)CN(c2c(C#N)c(=O)n(-c3c(C)ccnc3C(C)C)c3nc(-c4c(O)c(F)c(Cl)c(F)c4F)c(Cl)cc23)C[C@@H]1C. The number of hydrogen-bond donors (Lipinski definition) is 3. The highest BCUT2D eigenvalue weighted by Crippen LogP contribution is 2.51. The van der Waals surface area contributed by atoms with E-state index in [9.17, 15) is 86.2 Å². The molecule has 3 N–H and O–H groups in total. The summed E-state index contributed by atoms with van der Waals surface area (Å²) in [5.41, 5.74) is -2.78. The maximum Gasteiger partial charge on any atom is 0.276 e. The Hall–Kier alpha value is -13.4. The van der Waals surface area contributed by atoms with Gasteiger partial charge in [-0.3, -0.25) is 57.4 Å². The molecule has 3 aliphatic rings. The molecule has 15 rings (SSSR count). The zero-order valence-electron chi connectivity index (χ0n) is 78.0. The van der Waals surface area contributed by atoms with Gasteiger partial charge in [0, 0.05) is 110 Å². The third kappa shape index (κ3) is 18.2. The van der Waals surface area contributed by atoms with E-state index in [0.29, 0.717) is 50.8 Å². The number of pyridine rings is 9. The van der Waals surface area contributed by atoms with Crippen LogP contribution in [0.15, 0.2) is 107 Å². The lowest BCUT2D eigenvalue weighted by molar-refractivity contribution is -0.131. The molecule has 3 aliphatic heterocycles. The van der Waals surface area contributed by atoms with Crippen LogP contribution in [0.3, 0.4) is 0 Å². The minimum atomic E-state index is -1.77. The molecule has 3 amide bonds. The largest absolute Gasteiger partial charge is 0.504 e. The number of carbonyl (C=O) groups is 3. The van der Waals surface area contributed by atoms with Gasteiger partial charge in [-0.2, -0.15) is 15.8 Å². The summed E-state index contributed by atoms with van der Waals surface area (Å²) in [6, 6.07) is 12.9. The highest BCUT2D eigenvalue weighted by atomic mass is 35.5. The highest BCUT2D eigenvalue weighted by Gasteiger charge is 2.43. The third-order valence-electron chi connectivity index (χ3n) is 24.8. The molecule has 0 radical (unpaired) electrons. The normalized spacial score (nSPS) is 16.6. The summed E-state index contributed by atoms with van der Waals surface area (Å²) in [5, 5.41) is 58.8. The van der Waals surface area contributed by atoms with Gasteiger partial charge in [-0.15, -0.1) is 0 Å². The van der Waals surface area contributed by atoms with E-state index >= 15 is 8.78 Å². The first-order chi connectivity index (χ1) is 66.5. The van der Waals surface area contributed by atoms with Crippen LogP contribution >= 0.6 is 81.2 Å². The number of amides is 3. The van der Waals surface area contributed by atoms with Crippen LogP contribution in [0.1, 0.15) is 151 Å². The molecule has 3 saturated heterocycles. The highest BCUT2D eigenvalue weighted by molar-refractivity contribution is 6.39. The first kappa shape index (κ1) is 105. The van der Waals surface area contributed by atoms with Crippen LogP contribution < -0.4 is 31.4 Å². The smallest absolute Gasteiger partial charge is 0.276 e. The lowest BCUT2D eigenvalue weighted by Gasteiger charge is -2.45. The monoisotopic (exact) mass is 2070 g/mol. The minimum absolute atomic E-state index is 0.0439. The summed E-state index contributed by atoms with van der Waals surface area (Å²) >= 11 is 43.1. The second-order valence-corrected chi connectivity index (χ2v) is 37.9. The van der Waals surface area contributed by atoms with Gasteiger partial charge in [-0.25, -0.2) is 50.1 Å². The molecule has 27 nitrogen and oxygen atoms in total. The van der Waals surface area contributed by atoms with Crippen molar-refractivity contribution in [2.45, 2.75) is 158 Å². The number of piperazine rings is 3. The number of phenolic OH excluding ortho intramolecular Hbond substituents is 3. The number of hydrogen-bond acceptors (Lipinski definition) is 21. The average molecular weight is 2070 g/mol. The van der Waals surface area contributed by atoms with E-state index in [-0.39, 0.29) is 199 Å².